The minimum Gasteiger partial charge on any atom is -0.376 e. The van der Waals surface area contributed by atoms with Gasteiger partial charge in [0.05, 0.1) is 37.4 Å². The molecule has 0 spiro atoms. The molecule has 1 amide bonds. The number of ether oxygens (including phenoxy) is 1. The first-order valence-electron chi connectivity index (χ1n) is 10.9. The second kappa shape index (κ2) is 10.00. The first-order valence-corrected chi connectivity index (χ1v) is 13.2. The molecule has 4 rings (SSSR count). The lowest BCUT2D eigenvalue weighted by atomic mass is 10.2. The lowest BCUT2D eigenvalue weighted by Crippen LogP contribution is -2.42. The van der Waals surface area contributed by atoms with Crippen LogP contribution in [0.3, 0.4) is 0 Å². The van der Waals surface area contributed by atoms with Crippen molar-refractivity contribution >= 4 is 28.0 Å². The number of nitrogens with one attached hydrogen (secondary N) is 1. The van der Waals surface area contributed by atoms with Gasteiger partial charge < -0.3 is 10.1 Å². The Morgan fingerprint density at radius 3 is 2.73 bits per heavy atom. The number of likely N-dealkylation sites (N-methyl/N-ethyl adjacent to an activating group) is 1. The van der Waals surface area contributed by atoms with Crippen molar-refractivity contribution in [2.24, 2.45) is 0 Å². The number of amides is 1. The maximum atomic E-state index is 13.4. The van der Waals surface area contributed by atoms with E-state index in [9.17, 15) is 17.6 Å². The van der Waals surface area contributed by atoms with E-state index in [1.807, 2.05) is 4.57 Å². The molecular weight excluding hydrogens is 469 g/mol. The van der Waals surface area contributed by atoms with Gasteiger partial charge in [0.2, 0.25) is 5.91 Å². The zero-order valence-corrected chi connectivity index (χ0v) is 20.1. The second-order valence-corrected chi connectivity index (χ2v) is 11.3. The summed E-state index contributed by atoms with van der Waals surface area (Å²) < 4.78 is 46.4. The van der Waals surface area contributed by atoms with Crippen LogP contribution in [0.15, 0.2) is 24.3 Å². The molecule has 2 aromatic rings. The molecule has 0 saturated carbocycles. The SMILES string of the molecule is CN(CC(=O)NC1CCS(=O)(=O)C1)Cn1nc(-c2ccc(F)cc2)n(CC2CCCO2)c1=S. The first-order chi connectivity index (χ1) is 15.7. The van der Waals surface area contributed by atoms with Crippen LogP contribution in [0.4, 0.5) is 4.39 Å². The van der Waals surface area contributed by atoms with Gasteiger partial charge >= 0.3 is 0 Å². The zero-order valence-electron chi connectivity index (χ0n) is 18.4. The molecular formula is C21H28FN5O4S2. The average Bonchev–Trinajstić information content (AvgIpc) is 3.45. The summed E-state index contributed by atoms with van der Waals surface area (Å²) in [5.41, 5.74) is 0.738. The van der Waals surface area contributed by atoms with Gasteiger partial charge in [-0.3, -0.25) is 14.3 Å². The molecule has 0 radical (unpaired) electrons. The predicted octanol–water partition coefficient (Wildman–Crippen LogP) is 1.59. The molecule has 9 nitrogen and oxygen atoms in total. The average molecular weight is 498 g/mol. The van der Waals surface area contributed by atoms with E-state index in [2.05, 4.69) is 10.4 Å². The third-order valence-corrected chi connectivity index (χ3v) is 8.02. The molecule has 2 unspecified atom stereocenters. The summed E-state index contributed by atoms with van der Waals surface area (Å²) in [6.07, 6.45) is 2.42. The van der Waals surface area contributed by atoms with E-state index in [4.69, 9.17) is 17.0 Å². The minimum atomic E-state index is -3.06. The number of nitrogens with zero attached hydrogens (tertiary/aromatic N) is 4. The Kier molecular flexibility index (Phi) is 7.27. The first kappa shape index (κ1) is 24.0. The lowest BCUT2D eigenvalue weighted by molar-refractivity contribution is -0.122. The number of aromatic nitrogens is 3. The molecule has 2 aliphatic heterocycles. The summed E-state index contributed by atoms with van der Waals surface area (Å²) >= 11 is 5.69. The van der Waals surface area contributed by atoms with E-state index in [1.165, 1.54) is 12.1 Å². The molecule has 33 heavy (non-hydrogen) atoms. The zero-order chi connectivity index (χ0) is 23.6. The van der Waals surface area contributed by atoms with E-state index in [-0.39, 0.29) is 48.6 Å². The topological polar surface area (TPSA) is 98.5 Å². The normalized spacial score (nSPS) is 22.2. The Labute approximate surface area is 197 Å². The van der Waals surface area contributed by atoms with Gasteiger partial charge in [-0.05, 0) is 62.8 Å². The molecule has 1 aromatic carbocycles. The Balaban J connectivity index is 1.47. The number of hydrogen-bond donors (Lipinski definition) is 1. The van der Waals surface area contributed by atoms with E-state index < -0.39 is 9.84 Å². The molecule has 2 aliphatic rings. The maximum Gasteiger partial charge on any atom is 0.234 e. The van der Waals surface area contributed by atoms with Gasteiger partial charge in [0.25, 0.3) is 0 Å². The Hall–Kier alpha value is -2.15. The van der Waals surface area contributed by atoms with Crippen LogP contribution < -0.4 is 5.32 Å². The van der Waals surface area contributed by atoms with Gasteiger partial charge in [-0.2, -0.15) is 5.10 Å². The highest BCUT2D eigenvalue weighted by atomic mass is 32.2. The second-order valence-electron chi connectivity index (χ2n) is 8.68. The smallest absolute Gasteiger partial charge is 0.234 e. The third-order valence-electron chi connectivity index (χ3n) is 5.82. The molecule has 0 bridgehead atoms. The molecule has 3 heterocycles. The van der Waals surface area contributed by atoms with Gasteiger partial charge in [0.1, 0.15) is 5.82 Å². The fraction of sp³-hybridized carbons (Fsp3) is 0.571. The Morgan fingerprint density at radius 1 is 1.33 bits per heavy atom. The van der Waals surface area contributed by atoms with Crippen LogP contribution in [0.1, 0.15) is 19.3 Å². The van der Waals surface area contributed by atoms with Gasteiger partial charge in [0.15, 0.2) is 20.4 Å². The lowest BCUT2D eigenvalue weighted by Gasteiger charge is -2.18. The predicted molar refractivity (Wildman–Crippen MR) is 123 cm³/mol. The monoisotopic (exact) mass is 497 g/mol. The van der Waals surface area contributed by atoms with Crippen molar-refractivity contribution in [3.8, 4) is 11.4 Å². The quantitative estimate of drug-likeness (QED) is 0.553. The number of carbonyl (C=O) groups is 1. The van der Waals surface area contributed by atoms with Crippen molar-refractivity contribution in [1.82, 2.24) is 24.6 Å². The number of benzene rings is 1. The summed E-state index contributed by atoms with van der Waals surface area (Å²) in [6.45, 7) is 1.61. The Morgan fingerprint density at radius 2 is 2.09 bits per heavy atom. The van der Waals surface area contributed by atoms with Crippen LogP contribution in [0, 0.1) is 10.6 Å². The molecule has 180 valence electrons. The molecule has 2 fully saturated rings. The molecule has 1 aromatic heterocycles. The summed E-state index contributed by atoms with van der Waals surface area (Å²) in [6, 6.07) is 5.75. The number of carbonyl (C=O) groups excluding carboxylic acids is 1. The highest BCUT2D eigenvalue weighted by Crippen LogP contribution is 2.22. The highest BCUT2D eigenvalue weighted by molar-refractivity contribution is 7.91. The van der Waals surface area contributed by atoms with E-state index >= 15 is 0 Å². The number of sulfone groups is 1. The van der Waals surface area contributed by atoms with Crippen LogP contribution in [0.25, 0.3) is 11.4 Å². The summed E-state index contributed by atoms with van der Waals surface area (Å²) in [5.74, 6) is 0.135. The van der Waals surface area contributed by atoms with Gasteiger partial charge in [0, 0.05) is 18.2 Å². The summed E-state index contributed by atoms with van der Waals surface area (Å²) in [4.78, 5) is 14.1. The van der Waals surface area contributed by atoms with E-state index in [0.29, 0.717) is 23.6 Å². The van der Waals surface area contributed by atoms with Crippen molar-refractivity contribution in [2.45, 2.75) is 44.6 Å². The van der Waals surface area contributed by atoms with Gasteiger partial charge in [-0.25, -0.2) is 17.5 Å². The van der Waals surface area contributed by atoms with Crippen molar-refractivity contribution in [1.29, 1.82) is 0 Å². The fourth-order valence-electron chi connectivity index (χ4n) is 4.21. The van der Waals surface area contributed by atoms with Crippen molar-refractivity contribution < 1.29 is 22.3 Å². The standard InChI is InChI=1S/C21H28FN5O4S2/c1-25(12-19(28)23-17-8-10-33(29,30)13-17)14-27-21(32)26(11-18-3-2-9-31-18)20(24-27)15-4-6-16(22)7-5-15/h4-7,17-18H,2-3,8-14H2,1H3,(H,23,28). The molecule has 1 N–H and O–H groups in total. The van der Waals surface area contributed by atoms with E-state index in [1.54, 1.807) is 28.8 Å². The fourth-order valence-corrected chi connectivity index (χ4v) is 6.14. The van der Waals surface area contributed by atoms with Crippen LogP contribution in [-0.2, 0) is 32.6 Å². The Bertz CT molecular complexity index is 1160. The number of rotatable bonds is 8. The van der Waals surface area contributed by atoms with Crippen LogP contribution in [-0.4, -0.2) is 77.4 Å². The van der Waals surface area contributed by atoms with Crippen molar-refractivity contribution in [2.75, 3.05) is 31.7 Å². The van der Waals surface area contributed by atoms with Gasteiger partial charge in [-0.1, -0.05) is 0 Å². The minimum absolute atomic E-state index is 0.0117. The molecule has 12 heteroatoms. The molecule has 2 atom stereocenters. The maximum absolute atomic E-state index is 13.4. The van der Waals surface area contributed by atoms with E-state index in [0.717, 1.165) is 25.0 Å². The number of halogens is 1. The van der Waals surface area contributed by atoms with Crippen LogP contribution >= 0.6 is 12.2 Å². The summed E-state index contributed by atoms with van der Waals surface area (Å²) in [5, 5.41) is 7.46. The van der Waals surface area contributed by atoms with Gasteiger partial charge in [-0.15, -0.1) is 0 Å². The van der Waals surface area contributed by atoms with Crippen LogP contribution in [0.5, 0.6) is 0 Å². The largest absolute Gasteiger partial charge is 0.376 e. The highest BCUT2D eigenvalue weighted by Gasteiger charge is 2.29. The van der Waals surface area contributed by atoms with Crippen molar-refractivity contribution in [3.05, 3.63) is 34.9 Å². The summed E-state index contributed by atoms with van der Waals surface area (Å²) in [7, 11) is -1.29. The number of hydrogen-bond acceptors (Lipinski definition) is 7. The van der Waals surface area contributed by atoms with Crippen LogP contribution in [0.2, 0.25) is 0 Å². The molecule has 2 saturated heterocycles. The molecule has 0 aliphatic carbocycles. The van der Waals surface area contributed by atoms with Crippen molar-refractivity contribution in [3.63, 3.8) is 0 Å². The third kappa shape index (κ3) is 6.05.